The third kappa shape index (κ3) is 2.63. The van der Waals surface area contributed by atoms with Gasteiger partial charge in [-0.2, -0.15) is 5.10 Å². The van der Waals surface area contributed by atoms with Gasteiger partial charge in [0.25, 0.3) is 0 Å². The summed E-state index contributed by atoms with van der Waals surface area (Å²) < 4.78 is 6.51. The van der Waals surface area contributed by atoms with Crippen LogP contribution in [0.1, 0.15) is 10.4 Å². The van der Waals surface area contributed by atoms with Gasteiger partial charge in [-0.3, -0.25) is 4.68 Å². The van der Waals surface area contributed by atoms with Crippen LogP contribution in [0.2, 0.25) is 0 Å². The van der Waals surface area contributed by atoms with Crippen LogP contribution >= 0.6 is 0 Å². The molecule has 0 aliphatic carbocycles. The second kappa shape index (κ2) is 5.85. The Balaban J connectivity index is 2.04. The Labute approximate surface area is 129 Å². The van der Waals surface area contributed by atoms with E-state index in [1.165, 1.54) is 7.11 Å². The summed E-state index contributed by atoms with van der Waals surface area (Å²) in [7, 11) is 3.28. The van der Waals surface area contributed by atoms with Crippen LogP contribution in [-0.4, -0.2) is 22.9 Å². The van der Waals surface area contributed by atoms with Crippen molar-refractivity contribution in [2.24, 2.45) is 7.05 Å². The lowest BCUT2D eigenvalue weighted by Crippen LogP contribution is -2.00. The molecule has 0 fully saturated rings. The van der Waals surface area contributed by atoms with E-state index >= 15 is 0 Å². The highest BCUT2D eigenvalue weighted by atomic mass is 16.5. The first kappa shape index (κ1) is 14.1. The number of esters is 1. The van der Waals surface area contributed by atoms with Gasteiger partial charge in [0.2, 0.25) is 0 Å². The Morgan fingerprint density at radius 1 is 1.00 bits per heavy atom. The quantitative estimate of drug-likeness (QED) is 0.693. The van der Waals surface area contributed by atoms with Gasteiger partial charge in [-0.15, -0.1) is 0 Å². The molecule has 0 bridgehead atoms. The normalized spacial score (nSPS) is 10.5. The Bertz CT molecular complexity index is 804. The maximum atomic E-state index is 11.5. The third-order valence-electron chi connectivity index (χ3n) is 3.56. The van der Waals surface area contributed by atoms with Crippen LogP contribution in [0.4, 0.5) is 0 Å². The molecule has 0 saturated carbocycles. The van der Waals surface area contributed by atoms with E-state index < -0.39 is 0 Å². The van der Waals surface area contributed by atoms with Gasteiger partial charge in [0.15, 0.2) is 0 Å². The molecule has 2 aromatic carbocycles. The SMILES string of the molecule is COC(=O)c1ccc(-c2ccccc2-c2cnn(C)c2)cc1. The molecule has 3 rings (SSSR count). The average molecular weight is 292 g/mol. The molecule has 4 nitrogen and oxygen atoms in total. The zero-order chi connectivity index (χ0) is 15.5. The predicted octanol–water partition coefficient (Wildman–Crippen LogP) is 3.54. The summed E-state index contributed by atoms with van der Waals surface area (Å²) in [6.45, 7) is 0. The molecule has 0 amide bonds. The van der Waals surface area contributed by atoms with Gasteiger partial charge in [-0.25, -0.2) is 4.79 Å². The van der Waals surface area contributed by atoms with Crippen LogP contribution in [0, 0.1) is 0 Å². The van der Waals surface area contributed by atoms with Gasteiger partial charge >= 0.3 is 5.97 Å². The first-order valence-electron chi connectivity index (χ1n) is 6.96. The standard InChI is InChI=1S/C18H16N2O2/c1-20-12-15(11-19-20)17-6-4-3-5-16(17)13-7-9-14(10-8-13)18(21)22-2/h3-12H,1-2H3. The number of rotatable bonds is 3. The molecule has 1 aromatic heterocycles. The molecular weight excluding hydrogens is 276 g/mol. The van der Waals surface area contributed by atoms with Crippen LogP contribution in [-0.2, 0) is 11.8 Å². The molecule has 0 unspecified atom stereocenters. The Morgan fingerprint density at radius 2 is 1.64 bits per heavy atom. The predicted molar refractivity (Wildman–Crippen MR) is 85.4 cm³/mol. The number of ether oxygens (including phenoxy) is 1. The fourth-order valence-electron chi connectivity index (χ4n) is 2.45. The second-order valence-electron chi connectivity index (χ2n) is 5.02. The fraction of sp³-hybridized carbons (Fsp3) is 0.111. The van der Waals surface area contributed by atoms with E-state index in [1.54, 1.807) is 16.8 Å². The number of benzene rings is 2. The van der Waals surface area contributed by atoms with Crippen LogP contribution < -0.4 is 0 Å². The summed E-state index contributed by atoms with van der Waals surface area (Å²) in [5, 5.41) is 4.23. The molecule has 0 aliphatic rings. The van der Waals surface area contributed by atoms with Gasteiger partial charge < -0.3 is 4.74 Å². The van der Waals surface area contributed by atoms with E-state index in [2.05, 4.69) is 17.2 Å². The lowest BCUT2D eigenvalue weighted by atomic mass is 9.96. The van der Waals surface area contributed by atoms with E-state index in [-0.39, 0.29) is 5.97 Å². The van der Waals surface area contributed by atoms with E-state index in [0.29, 0.717) is 5.56 Å². The second-order valence-corrected chi connectivity index (χ2v) is 5.02. The van der Waals surface area contributed by atoms with Gasteiger partial charge in [-0.05, 0) is 28.8 Å². The van der Waals surface area contributed by atoms with Crippen LogP contribution in [0.3, 0.4) is 0 Å². The minimum absolute atomic E-state index is 0.327. The van der Waals surface area contributed by atoms with Crippen molar-refractivity contribution in [1.82, 2.24) is 9.78 Å². The third-order valence-corrected chi connectivity index (χ3v) is 3.56. The lowest BCUT2D eigenvalue weighted by molar-refractivity contribution is 0.0601. The lowest BCUT2D eigenvalue weighted by Gasteiger charge is -2.09. The van der Waals surface area contributed by atoms with Crippen molar-refractivity contribution in [2.75, 3.05) is 7.11 Å². The molecule has 1 heterocycles. The fourth-order valence-corrected chi connectivity index (χ4v) is 2.45. The number of nitrogens with zero attached hydrogens (tertiary/aromatic N) is 2. The number of carbonyl (C=O) groups is 1. The Kier molecular flexibility index (Phi) is 3.74. The molecule has 4 heteroatoms. The molecule has 22 heavy (non-hydrogen) atoms. The molecule has 0 aliphatic heterocycles. The summed E-state index contributed by atoms with van der Waals surface area (Å²) in [6, 6.07) is 15.6. The van der Waals surface area contributed by atoms with Crippen LogP contribution in [0.15, 0.2) is 60.9 Å². The number of hydrogen-bond acceptors (Lipinski definition) is 3. The summed E-state index contributed by atoms with van der Waals surface area (Å²) in [5.74, 6) is -0.327. The number of aromatic nitrogens is 2. The zero-order valence-corrected chi connectivity index (χ0v) is 12.5. The van der Waals surface area contributed by atoms with E-state index in [4.69, 9.17) is 4.74 Å². The van der Waals surface area contributed by atoms with Crippen LogP contribution in [0.25, 0.3) is 22.3 Å². The van der Waals surface area contributed by atoms with Crippen molar-refractivity contribution < 1.29 is 9.53 Å². The number of methoxy groups -OCH3 is 1. The summed E-state index contributed by atoms with van der Waals surface area (Å²) in [6.07, 6.45) is 3.84. The highest BCUT2D eigenvalue weighted by molar-refractivity contribution is 5.91. The maximum absolute atomic E-state index is 11.5. The van der Waals surface area contributed by atoms with E-state index in [9.17, 15) is 4.79 Å². The van der Waals surface area contributed by atoms with Crippen LogP contribution in [0.5, 0.6) is 0 Å². The molecule has 0 radical (unpaired) electrons. The molecule has 0 saturated heterocycles. The maximum Gasteiger partial charge on any atom is 0.337 e. The van der Waals surface area contributed by atoms with Crippen molar-refractivity contribution in [3.63, 3.8) is 0 Å². The monoisotopic (exact) mass is 292 g/mol. The van der Waals surface area contributed by atoms with Crippen molar-refractivity contribution in [3.05, 3.63) is 66.5 Å². The van der Waals surface area contributed by atoms with Gasteiger partial charge in [0.05, 0.1) is 18.9 Å². The van der Waals surface area contributed by atoms with Crippen molar-refractivity contribution in [3.8, 4) is 22.3 Å². The number of hydrogen-bond donors (Lipinski definition) is 0. The average Bonchev–Trinajstić information content (AvgIpc) is 3.00. The molecule has 0 spiro atoms. The highest BCUT2D eigenvalue weighted by Gasteiger charge is 2.10. The molecule has 3 aromatic rings. The molecule has 0 atom stereocenters. The smallest absolute Gasteiger partial charge is 0.337 e. The van der Waals surface area contributed by atoms with Gasteiger partial charge in [-0.1, -0.05) is 36.4 Å². The molecular formula is C18H16N2O2. The topological polar surface area (TPSA) is 44.1 Å². The summed E-state index contributed by atoms with van der Waals surface area (Å²) in [4.78, 5) is 11.5. The van der Waals surface area contributed by atoms with Crippen molar-refractivity contribution in [1.29, 1.82) is 0 Å². The Hall–Kier alpha value is -2.88. The van der Waals surface area contributed by atoms with Gasteiger partial charge in [0, 0.05) is 18.8 Å². The first-order valence-corrected chi connectivity index (χ1v) is 6.96. The zero-order valence-electron chi connectivity index (χ0n) is 12.5. The van der Waals surface area contributed by atoms with E-state index in [0.717, 1.165) is 22.3 Å². The number of aryl methyl sites for hydroxylation is 1. The summed E-state index contributed by atoms with van der Waals surface area (Å²) >= 11 is 0. The van der Waals surface area contributed by atoms with Crippen molar-refractivity contribution >= 4 is 5.97 Å². The first-order chi connectivity index (χ1) is 10.7. The molecule has 0 N–H and O–H groups in total. The summed E-state index contributed by atoms with van der Waals surface area (Å²) in [5.41, 5.74) is 4.88. The number of carbonyl (C=O) groups excluding carboxylic acids is 1. The molecule has 110 valence electrons. The highest BCUT2D eigenvalue weighted by Crippen LogP contribution is 2.31. The van der Waals surface area contributed by atoms with Crippen molar-refractivity contribution in [2.45, 2.75) is 0 Å². The Morgan fingerprint density at radius 3 is 2.18 bits per heavy atom. The van der Waals surface area contributed by atoms with Gasteiger partial charge in [0.1, 0.15) is 0 Å². The largest absolute Gasteiger partial charge is 0.465 e. The minimum Gasteiger partial charge on any atom is -0.465 e. The minimum atomic E-state index is -0.327. The van der Waals surface area contributed by atoms with E-state index in [1.807, 2.05) is 43.7 Å².